The van der Waals surface area contributed by atoms with E-state index in [2.05, 4.69) is 17.2 Å². The summed E-state index contributed by atoms with van der Waals surface area (Å²) in [6, 6.07) is 12.5. The number of likely N-dealkylation sites (tertiary alicyclic amines) is 1. The highest BCUT2D eigenvalue weighted by molar-refractivity contribution is 5.96. The summed E-state index contributed by atoms with van der Waals surface area (Å²) >= 11 is 0. The summed E-state index contributed by atoms with van der Waals surface area (Å²) in [5.74, 6) is -1.42. The normalized spacial score (nSPS) is 17.4. The standard InChI is InChI=1S/C25H26F3N3O5/c1-2-11-35-21-15-31(24(34)36-16-17-7-4-3-5-8-17)14-20(21)30-22(32)13-29-23(33)18-9-6-10-19(12-18)25(26,27)28/h2-10,12,20-21H,1,11,13-16H2,(H,29,33)(H,30,32)/t20-,21-/m0/s1. The Morgan fingerprint density at radius 3 is 2.53 bits per heavy atom. The number of rotatable bonds is 9. The van der Waals surface area contributed by atoms with Gasteiger partial charge in [0, 0.05) is 12.1 Å². The molecule has 1 saturated heterocycles. The monoisotopic (exact) mass is 505 g/mol. The molecule has 2 aromatic rings. The number of nitrogens with one attached hydrogen (secondary N) is 2. The van der Waals surface area contributed by atoms with Crippen molar-refractivity contribution in [3.8, 4) is 0 Å². The van der Waals surface area contributed by atoms with Gasteiger partial charge in [0.1, 0.15) is 6.61 Å². The van der Waals surface area contributed by atoms with Gasteiger partial charge in [0.05, 0.1) is 37.4 Å². The van der Waals surface area contributed by atoms with Crippen molar-refractivity contribution in [2.75, 3.05) is 26.2 Å². The molecule has 36 heavy (non-hydrogen) atoms. The van der Waals surface area contributed by atoms with E-state index < -0.39 is 48.3 Å². The first-order chi connectivity index (χ1) is 17.2. The first-order valence-electron chi connectivity index (χ1n) is 11.1. The van der Waals surface area contributed by atoms with Crippen LogP contribution < -0.4 is 10.6 Å². The Bertz CT molecular complexity index is 1080. The summed E-state index contributed by atoms with van der Waals surface area (Å²) in [6.45, 7) is 3.68. The third-order valence-corrected chi connectivity index (χ3v) is 5.37. The lowest BCUT2D eigenvalue weighted by molar-refractivity contribution is -0.137. The molecule has 2 aromatic carbocycles. The second kappa shape index (κ2) is 12.2. The van der Waals surface area contributed by atoms with Gasteiger partial charge in [-0.3, -0.25) is 9.59 Å². The minimum atomic E-state index is -4.59. The molecule has 1 aliphatic rings. The minimum absolute atomic E-state index is 0.0902. The zero-order valence-corrected chi connectivity index (χ0v) is 19.3. The minimum Gasteiger partial charge on any atom is -0.445 e. The third kappa shape index (κ3) is 7.57. The molecule has 1 fully saturated rings. The van der Waals surface area contributed by atoms with Gasteiger partial charge in [-0.05, 0) is 23.8 Å². The van der Waals surface area contributed by atoms with Crippen LogP contribution in [0.1, 0.15) is 21.5 Å². The largest absolute Gasteiger partial charge is 0.445 e. The molecule has 3 rings (SSSR count). The Morgan fingerprint density at radius 1 is 1.08 bits per heavy atom. The van der Waals surface area contributed by atoms with Gasteiger partial charge in [-0.1, -0.05) is 42.5 Å². The maximum Gasteiger partial charge on any atom is 0.416 e. The number of nitrogens with zero attached hydrogens (tertiary/aromatic N) is 1. The fourth-order valence-electron chi connectivity index (χ4n) is 3.59. The molecule has 0 aliphatic carbocycles. The molecule has 0 aromatic heterocycles. The first-order valence-corrected chi connectivity index (χ1v) is 11.1. The van der Waals surface area contributed by atoms with Crippen LogP contribution in [0.3, 0.4) is 0 Å². The van der Waals surface area contributed by atoms with E-state index in [0.717, 1.165) is 17.7 Å². The Hall–Kier alpha value is -3.86. The fraction of sp³-hybridized carbons (Fsp3) is 0.320. The summed E-state index contributed by atoms with van der Waals surface area (Å²) in [4.78, 5) is 38.6. The van der Waals surface area contributed by atoms with Crippen LogP contribution in [0, 0.1) is 0 Å². The van der Waals surface area contributed by atoms with E-state index in [-0.39, 0.29) is 31.9 Å². The number of hydrogen-bond acceptors (Lipinski definition) is 5. The molecular formula is C25H26F3N3O5. The van der Waals surface area contributed by atoms with Crippen molar-refractivity contribution in [2.45, 2.75) is 24.9 Å². The van der Waals surface area contributed by atoms with E-state index in [4.69, 9.17) is 9.47 Å². The molecule has 1 heterocycles. The highest BCUT2D eigenvalue weighted by Crippen LogP contribution is 2.29. The van der Waals surface area contributed by atoms with Crippen LogP contribution in [0.4, 0.5) is 18.0 Å². The molecule has 8 nitrogen and oxygen atoms in total. The fourth-order valence-corrected chi connectivity index (χ4v) is 3.59. The lowest BCUT2D eigenvalue weighted by Crippen LogP contribution is -2.47. The van der Waals surface area contributed by atoms with E-state index in [1.54, 1.807) is 0 Å². The van der Waals surface area contributed by atoms with Gasteiger partial charge >= 0.3 is 12.3 Å². The van der Waals surface area contributed by atoms with Crippen LogP contribution in [0.2, 0.25) is 0 Å². The molecule has 1 aliphatic heterocycles. The lowest BCUT2D eigenvalue weighted by atomic mass is 10.1. The number of benzene rings is 2. The average molecular weight is 505 g/mol. The van der Waals surface area contributed by atoms with Gasteiger partial charge < -0.3 is 25.0 Å². The molecule has 3 amide bonds. The number of ether oxygens (including phenoxy) is 2. The number of halogens is 3. The molecule has 11 heteroatoms. The van der Waals surface area contributed by atoms with Crippen molar-refractivity contribution in [2.24, 2.45) is 0 Å². The molecule has 192 valence electrons. The van der Waals surface area contributed by atoms with Crippen LogP contribution in [0.15, 0.2) is 67.3 Å². The predicted octanol–water partition coefficient (Wildman–Crippen LogP) is 3.14. The van der Waals surface area contributed by atoms with E-state index in [9.17, 15) is 27.6 Å². The van der Waals surface area contributed by atoms with Gasteiger partial charge in [-0.25, -0.2) is 4.79 Å². The van der Waals surface area contributed by atoms with Crippen LogP contribution in [0.5, 0.6) is 0 Å². The Morgan fingerprint density at radius 2 is 1.83 bits per heavy atom. The molecule has 0 spiro atoms. The SMILES string of the molecule is C=CCO[C@H]1CN(C(=O)OCc2ccccc2)C[C@@H]1NC(=O)CNC(=O)c1cccc(C(F)(F)F)c1. The average Bonchev–Trinajstić information content (AvgIpc) is 3.27. The zero-order chi connectivity index (χ0) is 26.1. The van der Waals surface area contributed by atoms with E-state index in [0.29, 0.717) is 6.07 Å². The summed E-state index contributed by atoms with van der Waals surface area (Å²) in [5, 5.41) is 5.00. The van der Waals surface area contributed by atoms with Crippen LogP contribution in [-0.2, 0) is 27.1 Å². The summed E-state index contributed by atoms with van der Waals surface area (Å²) in [6.07, 6.45) is -4.18. The van der Waals surface area contributed by atoms with Crippen molar-refractivity contribution in [1.82, 2.24) is 15.5 Å². The summed E-state index contributed by atoms with van der Waals surface area (Å²) < 4.78 is 49.6. The maximum absolute atomic E-state index is 12.9. The molecule has 0 unspecified atom stereocenters. The van der Waals surface area contributed by atoms with Gasteiger partial charge in [-0.15, -0.1) is 6.58 Å². The topological polar surface area (TPSA) is 97.0 Å². The van der Waals surface area contributed by atoms with Crippen molar-refractivity contribution in [1.29, 1.82) is 0 Å². The zero-order valence-electron chi connectivity index (χ0n) is 19.3. The van der Waals surface area contributed by atoms with E-state index >= 15 is 0 Å². The molecule has 0 radical (unpaired) electrons. The summed E-state index contributed by atoms with van der Waals surface area (Å²) in [7, 11) is 0. The second-order valence-electron chi connectivity index (χ2n) is 8.04. The predicted molar refractivity (Wildman–Crippen MR) is 124 cm³/mol. The van der Waals surface area contributed by atoms with E-state index in [1.165, 1.54) is 17.0 Å². The Kier molecular flexibility index (Phi) is 9.07. The van der Waals surface area contributed by atoms with Gasteiger partial charge in [0.15, 0.2) is 0 Å². The van der Waals surface area contributed by atoms with Crippen molar-refractivity contribution >= 4 is 17.9 Å². The quantitative estimate of drug-likeness (QED) is 0.511. The van der Waals surface area contributed by atoms with Gasteiger partial charge in [-0.2, -0.15) is 13.2 Å². The number of carbonyl (C=O) groups is 3. The molecule has 0 saturated carbocycles. The van der Waals surface area contributed by atoms with Crippen LogP contribution in [0.25, 0.3) is 0 Å². The Balaban J connectivity index is 1.53. The van der Waals surface area contributed by atoms with Crippen LogP contribution in [-0.4, -0.2) is 61.2 Å². The van der Waals surface area contributed by atoms with Crippen molar-refractivity contribution in [3.05, 3.63) is 83.9 Å². The van der Waals surface area contributed by atoms with E-state index in [1.807, 2.05) is 30.3 Å². The maximum atomic E-state index is 12.9. The lowest BCUT2D eigenvalue weighted by Gasteiger charge is -2.19. The molecular weight excluding hydrogens is 479 g/mol. The first kappa shape index (κ1) is 26.7. The van der Waals surface area contributed by atoms with Crippen molar-refractivity contribution < 1.29 is 37.0 Å². The molecule has 0 bridgehead atoms. The molecule has 2 atom stereocenters. The van der Waals surface area contributed by atoms with Gasteiger partial charge in [0.25, 0.3) is 5.91 Å². The van der Waals surface area contributed by atoms with Crippen molar-refractivity contribution in [3.63, 3.8) is 0 Å². The number of amides is 3. The summed E-state index contributed by atoms with van der Waals surface area (Å²) in [5.41, 5.74) is -0.365. The number of alkyl halides is 3. The molecule has 2 N–H and O–H groups in total. The number of carbonyl (C=O) groups excluding carboxylic acids is 3. The smallest absolute Gasteiger partial charge is 0.416 e. The Labute approximate surface area is 206 Å². The second-order valence-corrected chi connectivity index (χ2v) is 8.04. The highest BCUT2D eigenvalue weighted by atomic mass is 19.4. The van der Waals surface area contributed by atoms with Crippen LogP contribution >= 0.6 is 0 Å². The highest BCUT2D eigenvalue weighted by Gasteiger charge is 2.37. The number of hydrogen-bond donors (Lipinski definition) is 2. The van der Waals surface area contributed by atoms with Gasteiger partial charge in [0.2, 0.25) is 5.91 Å². The third-order valence-electron chi connectivity index (χ3n) is 5.37.